The molecule has 2 aliphatic rings. The SMILES string of the molecule is Cc1cn2c(n1)CC[C@H](NC(=O)[C@@H]1COCCO1)C2. The van der Waals surface area contributed by atoms with E-state index in [0.717, 1.165) is 30.9 Å². The highest BCUT2D eigenvalue weighted by Gasteiger charge is 2.27. The van der Waals surface area contributed by atoms with Crippen LogP contribution in [0.5, 0.6) is 0 Å². The lowest BCUT2D eigenvalue weighted by Crippen LogP contribution is -2.49. The summed E-state index contributed by atoms with van der Waals surface area (Å²) in [6.45, 7) is 4.20. The zero-order chi connectivity index (χ0) is 13.2. The maximum atomic E-state index is 12.0. The van der Waals surface area contributed by atoms with Crippen LogP contribution in [-0.2, 0) is 27.2 Å². The molecule has 0 spiro atoms. The molecule has 0 aromatic carbocycles. The van der Waals surface area contributed by atoms with Crippen molar-refractivity contribution in [2.75, 3.05) is 19.8 Å². The summed E-state index contributed by atoms with van der Waals surface area (Å²) in [6, 6.07) is 0.152. The predicted octanol–water partition coefficient (Wildman–Crippen LogP) is 0.0379. The second kappa shape index (κ2) is 5.30. The lowest BCUT2D eigenvalue weighted by molar-refractivity contribution is -0.148. The first-order valence-corrected chi connectivity index (χ1v) is 6.75. The van der Waals surface area contributed by atoms with Crippen molar-refractivity contribution in [1.29, 1.82) is 0 Å². The molecule has 1 fully saturated rings. The smallest absolute Gasteiger partial charge is 0.251 e. The number of aryl methyl sites for hydroxylation is 2. The molecule has 0 radical (unpaired) electrons. The Morgan fingerprint density at radius 2 is 2.42 bits per heavy atom. The monoisotopic (exact) mass is 265 g/mol. The Hall–Kier alpha value is -1.40. The number of fused-ring (bicyclic) bond motifs is 1. The van der Waals surface area contributed by atoms with Gasteiger partial charge in [-0.05, 0) is 13.3 Å². The van der Waals surface area contributed by atoms with Gasteiger partial charge in [-0.15, -0.1) is 0 Å². The first kappa shape index (κ1) is 12.6. The summed E-state index contributed by atoms with van der Waals surface area (Å²) in [6.07, 6.45) is 3.41. The molecule has 3 heterocycles. The third kappa shape index (κ3) is 2.79. The van der Waals surface area contributed by atoms with E-state index in [1.54, 1.807) is 0 Å². The van der Waals surface area contributed by atoms with Crippen LogP contribution in [0.15, 0.2) is 6.20 Å². The van der Waals surface area contributed by atoms with E-state index in [1.165, 1.54) is 0 Å². The first-order chi connectivity index (χ1) is 9.22. The van der Waals surface area contributed by atoms with E-state index < -0.39 is 6.10 Å². The van der Waals surface area contributed by atoms with E-state index in [-0.39, 0.29) is 11.9 Å². The van der Waals surface area contributed by atoms with Crippen molar-refractivity contribution >= 4 is 5.91 Å². The molecular weight excluding hydrogens is 246 g/mol. The highest BCUT2D eigenvalue weighted by Crippen LogP contribution is 2.15. The molecule has 0 aliphatic carbocycles. The van der Waals surface area contributed by atoms with Crippen LogP contribution < -0.4 is 5.32 Å². The van der Waals surface area contributed by atoms with E-state index in [2.05, 4.69) is 14.9 Å². The predicted molar refractivity (Wildman–Crippen MR) is 67.8 cm³/mol. The number of carbonyl (C=O) groups is 1. The number of carbonyl (C=O) groups excluding carboxylic acids is 1. The lowest BCUT2D eigenvalue weighted by Gasteiger charge is -2.28. The molecule has 2 aliphatic heterocycles. The maximum Gasteiger partial charge on any atom is 0.251 e. The summed E-state index contributed by atoms with van der Waals surface area (Å²) in [5.74, 6) is 1.05. The van der Waals surface area contributed by atoms with Crippen LogP contribution >= 0.6 is 0 Å². The van der Waals surface area contributed by atoms with Gasteiger partial charge in [0.25, 0.3) is 5.91 Å². The Kier molecular flexibility index (Phi) is 3.52. The molecule has 1 amide bonds. The largest absolute Gasteiger partial charge is 0.376 e. The molecule has 0 bridgehead atoms. The maximum absolute atomic E-state index is 12.0. The van der Waals surface area contributed by atoms with Crippen molar-refractivity contribution < 1.29 is 14.3 Å². The number of ether oxygens (including phenoxy) is 2. The van der Waals surface area contributed by atoms with Crippen LogP contribution in [0.3, 0.4) is 0 Å². The second-order valence-electron chi connectivity index (χ2n) is 5.13. The first-order valence-electron chi connectivity index (χ1n) is 6.75. The quantitative estimate of drug-likeness (QED) is 0.820. The Labute approximate surface area is 112 Å². The van der Waals surface area contributed by atoms with Crippen molar-refractivity contribution in [3.8, 4) is 0 Å². The molecule has 1 aromatic heterocycles. The Balaban J connectivity index is 1.57. The van der Waals surface area contributed by atoms with Crippen molar-refractivity contribution in [3.05, 3.63) is 17.7 Å². The van der Waals surface area contributed by atoms with Crippen molar-refractivity contribution in [2.45, 2.75) is 38.5 Å². The number of rotatable bonds is 2. The lowest BCUT2D eigenvalue weighted by atomic mass is 10.1. The van der Waals surface area contributed by atoms with Gasteiger partial charge in [0.05, 0.1) is 25.5 Å². The molecule has 1 N–H and O–H groups in total. The summed E-state index contributed by atoms with van der Waals surface area (Å²) in [5, 5.41) is 3.05. The zero-order valence-electron chi connectivity index (χ0n) is 11.1. The van der Waals surface area contributed by atoms with Crippen LogP contribution in [0, 0.1) is 6.92 Å². The fraction of sp³-hybridized carbons (Fsp3) is 0.692. The highest BCUT2D eigenvalue weighted by atomic mass is 16.6. The summed E-state index contributed by atoms with van der Waals surface area (Å²) >= 11 is 0. The Morgan fingerprint density at radius 3 is 3.21 bits per heavy atom. The molecule has 3 rings (SSSR count). The Bertz CT molecular complexity index is 466. The van der Waals surface area contributed by atoms with Gasteiger partial charge in [-0.1, -0.05) is 0 Å². The second-order valence-corrected chi connectivity index (χ2v) is 5.13. The van der Waals surface area contributed by atoms with Gasteiger partial charge in [0.2, 0.25) is 0 Å². The molecule has 6 nitrogen and oxygen atoms in total. The fourth-order valence-electron chi connectivity index (χ4n) is 2.64. The minimum Gasteiger partial charge on any atom is -0.376 e. The molecule has 19 heavy (non-hydrogen) atoms. The third-order valence-corrected chi connectivity index (χ3v) is 3.57. The minimum absolute atomic E-state index is 0.0648. The van der Waals surface area contributed by atoms with Crippen LogP contribution in [0.2, 0.25) is 0 Å². The topological polar surface area (TPSA) is 65.4 Å². The van der Waals surface area contributed by atoms with E-state index in [0.29, 0.717) is 19.8 Å². The van der Waals surface area contributed by atoms with Crippen LogP contribution in [0.4, 0.5) is 0 Å². The number of nitrogens with one attached hydrogen (secondary N) is 1. The summed E-state index contributed by atoms with van der Waals surface area (Å²) in [5.41, 5.74) is 1.03. The fourth-order valence-corrected chi connectivity index (χ4v) is 2.64. The minimum atomic E-state index is -0.459. The van der Waals surface area contributed by atoms with Gasteiger partial charge >= 0.3 is 0 Å². The summed E-state index contributed by atoms with van der Waals surface area (Å²) in [7, 11) is 0. The van der Waals surface area contributed by atoms with Gasteiger partial charge < -0.3 is 19.4 Å². The standard InChI is InChI=1S/C13H19N3O3/c1-9-6-16-7-10(2-3-12(16)14-9)15-13(17)11-8-18-4-5-19-11/h6,10-11H,2-5,7-8H2,1H3,(H,15,17)/t10-,11-/m0/s1. The van der Waals surface area contributed by atoms with E-state index >= 15 is 0 Å². The molecule has 6 heteroatoms. The molecule has 0 unspecified atom stereocenters. The van der Waals surface area contributed by atoms with Crippen molar-refractivity contribution in [3.63, 3.8) is 0 Å². The number of imidazole rings is 1. The van der Waals surface area contributed by atoms with Crippen LogP contribution in [0.25, 0.3) is 0 Å². The molecule has 104 valence electrons. The third-order valence-electron chi connectivity index (χ3n) is 3.57. The van der Waals surface area contributed by atoms with Crippen LogP contribution in [0.1, 0.15) is 17.9 Å². The number of hydrogen-bond acceptors (Lipinski definition) is 4. The normalized spacial score (nSPS) is 26.8. The van der Waals surface area contributed by atoms with E-state index in [4.69, 9.17) is 9.47 Å². The zero-order valence-corrected chi connectivity index (χ0v) is 11.1. The van der Waals surface area contributed by atoms with Gasteiger partial charge in [-0.3, -0.25) is 4.79 Å². The van der Waals surface area contributed by atoms with Gasteiger partial charge in [0.15, 0.2) is 6.10 Å². The highest BCUT2D eigenvalue weighted by molar-refractivity contribution is 5.81. The van der Waals surface area contributed by atoms with E-state index in [1.807, 2.05) is 13.1 Å². The summed E-state index contributed by atoms with van der Waals surface area (Å²) in [4.78, 5) is 16.5. The number of hydrogen-bond donors (Lipinski definition) is 1. The van der Waals surface area contributed by atoms with Crippen molar-refractivity contribution in [2.24, 2.45) is 0 Å². The molecule has 0 saturated carbocycles. The Morgan fingerprint density at radius 1 is 1.53 bits per heavy atom. The molecule has 1 aromatic rings. The number of amides is 1. The number of aromatic nitrogens is 2. The average molecular weight is 265 g/mol. The van der Waals surface area contributed by atoms with Crippen LogP contribution in [-0.4, -0.2) is 47.4 Å². The summed E-state index contributed by atoms with van der Waals surface area (Å²) < 4.78 is 12.8. The van der Waals surface area contributed by atoms with Gasteiger partial charge in [-0.2, -0.15) is 0 Å². The molecule has 2 atom stereocenters. The molecular formula is C13H19N3O3. The van der Waals surface area contributed by atoms with Gasteiger partial charge in [0.1, 0.15) is 5.82 Å². The average Bonchev–Trinajstić information content (AvgIpc) is 2.79. The molecule has 1 saturated heterocycles. The van der Waals surface area contributed by atoms with Gasteiger partial charge in [0, 0.05) is 25.2 Å². The number of nitrogens with zero attached hydrogens (tertiary/aromatic N) is 2. The van der Waals surface area contributed by atoms with E-state index in [9.17, 15) is 4.79 Å². The van der Waals surface area contributed by atoms with Gasteiger partial charge in [-0.25, -0.2) is 4.98 Å². The van der Waals surface area contributed by atoms with Crippen molar-refractivity contribution in [1.82, 2.24) is 14.9 Å².